The quantitative estimate of drug-likeness (QED) is 0.481. The standard InChI is InChI=1S/C8H14NO6P/c10-6(4-16(13,14)15)5-2-1-3-9-7(5)8(11)12/h5,7,9H,1-4H2,(H,11,12)(H2,13,14,15)/t5-,7+/m0/s1. The highest BCUT2D eigenvalue weighted by atomic mass is 31.2. The van der Waals surface area contributed by atoms with Crippen LogP contribution in [-0.4, -0.2) is 45.4 Å². The lowest BCUT2D eigenvalue weighted by Gasteiger charge is -2.28. The van der Waals surface area contributed by atoms with Crippen molar-refractivity contribution in [1.82, 2.24) is 5.32 Å². The van der Waals surface area contributed by atoms with Crippen LogP contribution < -0.4 is 5.32 Å². The van der Waals surface area contributed by atoms with E-state index in [-0.39, 0.29) is 0 Å². The van der Waals surface area contributed by atoms with Crippen LogP contribution in [0, 0.1) is 5.92 Å². The number of rotatable bonds is 4. The maximum atomic E-state index is 11.5. The molecule has 1 aliphatic rings. The average molecular weight is 251 g/mol. The van der Waals surface area contributed by atoms with E-state index in [0.717, 1.165) is 0 Å². The molecule has 1 heterocycles. The largest absolute Gasteiger partial charge is 0.480 e. The Balaban J connectivity index is 2.72. The summed E-state index contributed by atoms with van der Waals surface area (Å²) in [5.41, 5.74) is 0. The van der Waals surface area contributed by atoms with Crippen molar-refractivity contribution in [2.24, 2.45) is 5.92 Å². The van der Waals surface area contributed by atoms with Crippen molar-refractivity contribution in [3.63, 3.8) is 0 Å². The summed E-state index contributed by atoms with van der Waals surface area (Å²) >= 11 is 0. The van der Waals surface area contributed by atoms with Crippen LogP contribution in [0.3, 0.4) is 0 Å². The van der Waals surface area contributed by atoms with Gasteiger partial charge in [-0.1, -0.05) is 0 Å². The maximum Gasteiger partial charge on any atom is 0.332 e. The number of carbonyl (C=O) groups excluding carboxylic acids is 1. The molecule has 0 aromatic carbocycles. The molecule has 0 saturated carbocycles. The van der Waals surface area contributed by atoms with Gasteiger partial charge in [0.1, 0.15) is 18.0 Å². The fourth-order valence-corrected chi connectivity index (χ4v) is 2.46. The van der Waals surface area contributed by atoms with E-state index in [1.54, 1.807) is 0 Å². The lowest BCUT2D eigenvalue weighted by atomic mass is 9.88. The highest BCUT2D eigenvalue weighted by molar-refractivity contribution is 7.52. The molecule has 0 radical (unpaired) electrons. The van der Waals surface area contributed by atoms with Crippen LogP contribution in [0.25, 0.3) is 0 Å². The number of carboxylic acids is 1. The Morgan fingerprint density at radius 1 is 1.38 bits per heavy atom. The molecule has 0 aromatic rings. The molecule has 0 unspecified atom stereocenters. The molecule has 1 rings (SSSR count). The van der Waals surface area contributed by atoms with Gasteiger partial charge in [-0.25, -0.2) is 0 Å². The van der Waals surface area contributed by atoms with E-state index in [1.165, 1.54) is 0 Å². The van der Waals surface area contributed by atoms with E-state index in [0.29, 0.717) is 19.4 Å². The van der Waals surface area contributed by atoms with E-state index in [4.69, 9.17) is 14.9 Å². The fraction of sp³-hybridized carbons (Fsp3) is 0.750. The van der Waals surface area contributed by atoms with E-state index < -0.39 is 37.5 Å². The lowest BCUT2D eigenvalue weighted by molar-refractivity contribution is -0.144. The minimum absolute atomic E-state index is 0.350. The highest BCUT2D eigenvalue weighted by Crippen LogP contribution is 2.36. The monoisotopic (exact) mass is 251 g/mol. The van der Waals surface area contributed by atoms with Gasteiger partial charge in [-0.15, -0.1) is 0 Å². The van der Waals surface area contributed by atoms with Crippen molar-refractivity contribution in [1.29, 1.82) is 0 Å². The van der Waals surface area contributed by atoms with Gasteiger partial charge in [0.05, 0.1) is 0 Å². The Morgan fingerprint density at radius 3 is 2.50 bits per heavy atom. The summed E-state index contributed by atoms with van der Waals surface area (Å²) in [7, 11) is -4.42. The first-order valence-corrected chi connectivity index (χ1v) is 6.64. The Kier molecular flexibility index (Phi) is 4.21. The summed E-state index contributed by atoms with van der Waals surface area (Å²) in [5.74, 6) is -2.70. The SMILES string of the molecule is O=C(CP(=O)(O)O)[C@@H]1CCCN[C@H]1C(=O)O. The van der Waals surface area contributed by atoms with Gasteiger partial charge in [0.2, 0.25) is 0 Å². The molecule has 4 N–H and O–H groups in total. The van der Waals surface area contributed by atoms with Gasteiger partial charge >= 0.3 is 13.6 Å². The predicted octanol–water partition coefficient (Wildman–Crippen LogP) is -0.814. The van der Waals surface area contributed by atoms with Gasteiger partial charge in [-0.3, -0.25) is 14.2 Å². The van der Waals surface area contributed by atoms with Crippen molar-refractivity contribution in [2.45, 2.75) is 18.9 Å². The molecule has 1 fully saturated rings. The van der Waals surface area contributed by atoms with Gasteiger partial charge < -0.3 is 20.2 Å². The van der Waals surface area contributed by atoms with Gasteiger partial charge in [-0.05, 0) is 19.4 Å². The number of hydrogen-bond donors (Lipinski definition) is 4. The predicted molar refractivity (Wildman–Crippen MR) is 54.1 cm³/mol. The third kappa shape index (κ3) is 3.68. The lowest BCUT2D eigenvalue weighted by Crippen LogP contribution is -2.50. The summed E-state index contributed by atoms with van der Waals surface area (Å²) < 4.78 is 10.7. The van der Waals surface area contributed by atoms with E-state index in [2.05, 4.69) is 5.32 Å². The van der Waals surface area contributed by atoms with Crippen LogP contribution in [0.1, 0.15) is 12.8 Å². The molecule has 0 bridgehead atoms. The van der Waals surface area contributed by atoms with E-state index in [1.807, 2.05) is 0 Å². The zero-order valence-corrected chi connectivity index (χ0v) is 9.39. The number of nitrogens with one attached hydrogen (secondary N) is 1. The maximum absolute atomic E-state index is 11.5. The molecule has 1 aliphatic heterocycles. The highest BCUT2D eigenvalue weighted by Gasteiger charge is 2.37. The van der Waals surface area contributed by atoms with Crippen molar-refractivity contribution < 1.29 is 29.0 Å². The number of Topliss-reactive ketones (excluding diaryl/α,β-unsaturated/α-hetero) is 1. The molecule has 0 aliphatic carbocycles. The molecule has 1 saturated heterocycles. The molecule has 92 valence electrons. The number of carbonyl (C=O) groups is 2. The smallest absolute Gasteiger partial charge is 0.332 e. The first-order chi connectivity index (χ1) is 7.31. The second-order valence-corrected chi connectivity index (χ2v) is 5.45. The molecule has 0 amide bonds. The second kappa shape index (κ2) is 5.05. The van der Waals surface area contributed by atoms with E-state index >= 15 is 0 Å². The molecular formula is C8H14NO6P. The molecule has 7 nitrogen and oxygen atoms in total. The fourth-order valence-electron chi connectivity index (χ4n) is 1.82. The van der Waals surface area contributed by atoms with Crippen LogP contribution in [0.15, 0.2) is 0 Å². The Bertz CT molecular complexity index is 337. The third-order valence-corrected chi connectivity index (χ3v) is 3.22. The van der Waals surface area contributed by atoms with Crippen LogP contribution in [0.4, 0.5) is 0 Å². The van der Waals surface area contributed by atoms with Gasteiger partial charge in [-0.2, -0.15) is 0 Å². The third-order valence-electron chi connectivity index (χ3n) is 2.50. The van der Waals surface area contributed by atoms with Crippen LogP contribution in [0.2, 0.25) is 0 Å². The second-order valence-electron chi connectivity index (χ2n) is 3.81. The number of carboxylic acid groups (broad SMARTS) is 1. The summed E-state index contributed by atoms with van der Waals surface area (Å²) in [5, 5.41) is 11.5. The van der Waals surface area contributed by atoms with Gasteiger partial charge in [0.15, 0.2) is 0 Å². The van der Waals surface area contributed by atoms with Crippen LogP contribution in [-0.2, 0) is 14.2 Å². The number of piperidine rings is 1. The number of ketones is 1. The van der Waals surface area contributed by atoms with Crippen LogP contribution >= 0.6 is 7.60 Å². The topological polar surface area (TPSA) is 124 Å². The zero-order chi connectivity index (χ0) is 12.3. The van der Waals surface area contributed by atoms with Crippen LogP contribution in [0.5, 0.6) is 0 Å². The summed E-state index contributed by atoms with van der Waals surface area (Å²) in [4.78, 5) is 39.7. The normalized spacial score (nSPS) is 26.4. The minimum atomic E-state index is -4.42. The Hall–Kier alpha value is -0.750. The average Bonchev–Trinajstić information content (AvgIpc) is 2.15. The minimum Gasteiger partial charge on any atom is -0.480 e. The van der Waals surface area contributed by atoms with Crippen molar-refractivity contribution in [3.8, 4) is 0 Å². The first-order valence-electron chi connectivity index (χ1n) is 4.85. The van der Waals surface area contributed by atoms with E-state index in [9.17, 15) is 14.2 Å². The number of hydrogen-bond acceptors (Lipinski definition) is 4. The molecule has 2 atom stereocenters. The first kappa shape index (κ1) is 13.3. The molecule has 16 heavy (non-hydrogen) atoms. The van der Waals surface area contributed by atoms with Crippen molar-refractivity contribution in [2.75, 3.05) is 12.7 Å². The number of aliphatic carboxylic acids is 1. The Labute approximate surface area is 92.0 Å². The summed E-state index contributed by atoms with van der Waals surface area (Å²) in [6.07, 6.45) is 0.0905. The van der Waals surface area contributed by atoms with Gasteiger partial charge in [0.25, 0.3) is 0 Å². The summed E-state index contributed by atoms with van der Waals surface area (Å²) in [6, 6.07) is -1.03. The molecule has 0 aromatic heterocycles. The van der Waals surface area contributed by atoms with Crippen molar-refractivity contribution >= 4 is 19.3 Å². The van der Waals surface area contributed by atoms with Gasteiger partial charge in [0, 0.05) is 5.92 Å². The molecular weight excluding hydrogens is 237 g/mol. The summed E-state index contributed by atoms with van der Waals surface area (Å²) in [6.45, 7) is 0.497. The van der Waals surface area contributed by atoms with Crippen molar-refractivity contribution in [3.05, 3.63) is 0 Å². The zero-order valence-electron chi connectivity index (χ0n) is 8.50. The molecule has 0 spiro atoms. The molecule has 8 heteroatoms. The Morgan fingerprint density at radius 2 is 2.00 bits per heavy atom.